The predicted octanol–water partition coefficient (Wildman–Crippen LogP) is 2.68. The molecule has 0 bridgehead atoms. The number of aliphatic imine (C=N–C) groups is 1. The van der Waals surface area contributed by atoms with Crippen molar-refractivity contribution in [2.75, 3.05) is 13.1 Å². The number of hydrogen-bond donors (Lipinski definition) is 5. The van der Waals surface area contributed by atoms with Crippen LogP contribution >= 0.6 is 0 Å². The van der Waals surface area contributed by atoms with Crippen molar-refractivity contribution in [2.45, 2.75) is 109 Å². The van der Waals surface area contributed by atoms with Gasteiger partial charge in [0.15, 0.2) is 5.96 Å². The third-order valence-corrected chi connectivity index (χ3v) is 7.98. The van der Waals surface area contributed by atoms with E-state index >= 15 is 0 Å². The van der Waals surface area contributed by atoms with Crippen molar-refractivity contribution < 1.29 is 9.59 Å². The monoisotopic (exact) mass is 464 g/mol. The van der Waals surface area contributed by atoms with Crippen LogP contribution < -0.4 is 28.3 Å². The summed E-state index contributed by atoms with van der Waals surface area (Å²) in [7, 11) is 0. The molecule has 0 saturated heterocycles. The van der Waals surface area contributed by atoms with Crippen LogP contribution in [0.3, 0.4) is 0 Å². The molecule has 0 aromatic rings. The largest absolute Gasteiger partial charge is 0.370 e. The van der Waals surface area contributed by atoms with Crippen LogP contribution in [0.25, 0.3) is 0 Å². The van der Waals surface area contributed by atoms with Crippen LogP contribution in [-0.2, 0) is 9.59 Å². The topological polar surface area (TPSA) is 163 Å². The van der Waals surface area contributed by atoms with E-state index in [2.05, 4.69) is 10.3 Å². The summed E-state index contributed by atoms with van der Waals surface area (Å²) in [5.74, 6) is 0.736. The molecule has 0 aliphatic heterocycles. The first kappa shape index (κ1) is 27.4. The van der Waals surface area contributed by atoms with E-state index in [4.69, 9.17) is 22.9 Å². The van der Waals surface area contributed by atoms with E-state index in [-0.39, 0.29) is 11.9 Å². The van der Waals surface area contributed by atoms with Gasteiger partial charge in [-0.2, -0.15) is 0 Å². The lowest BCUT2D eigenvalue weighted by atomic mass is 9.72. The van der Waals surface area contributed by atoms with Crippen LogP contribution in [0, 0.1) is 17.3 Å². The molecule has 2 amide bonds. The lowest BCUT2D eigenvalue weighted by Gasteiger charge is -2.36. The maximum absolute atomic E-state index is 13.6. The minimum atomic E-state index is -0.734. The summed E-state index contributed by atoms with van der Waals surface area (Å²) in [4.78, 5) is 29.7. The molecule has 2 aliphatic rings. The van der Waals surface area contributed by atoms with Crippen LogP contribution in [-0.4, -0.2) is 36.9 Å². The Morgan fingerprint density at radius 1 is 0.879 bits per heavy atom. The van der Waals surface area contributed by atoms with Gasteiger partial charge in [-0.05, 0) is 50.4 Å². The highest BCUT2D eigenvalue weighted by atomic mass is 16.2. The number of nitrogens with one attached hydrogen (secondary N) is 1. The van der Waals surface area contributed by atoms with Gasteiger partial charge in [0.05, 0.1) is 5.41 Å². The number of carbonyl (C=O) groups excluding carboxylic acids is 2. The number of amides is 2. The van der Waals surface area contributed by atoms with Gasteiger partial charge in [0.1, 0.15) is 6.04 Å². The van der Waals surface area contributed by atoms with Crippen LogP contribution in [0.15, 0.2) is 4.99 Å². The minimum Gasteiger partial charge on any atom is -0.370 e. The fourth-order valence-electron chi connectivity index (χ4n) is 5.66. The van der Waals surface area contributed by atoms with Crippen LogP contribution in [0.1, 0.15) is 103 Å². The number of rotatable bonds is 14. The summed E-state index contributed by atoms with van der Waals surface area (Å²) in [6.45, 7) is 0.700. The van der Waals surface area contributed by atoms with Gasteiger partial charge in [-0.3, -0.25) is 14.6 Å². The molecule has 0 aromatic heterocycles. The molecule has 8 nitrogen and oxygen atoms in total. The molecule has 2 fully saturated rings. The second-order valence-corrected chi connectivity index (χ2v) is 10.4. The van der Waals surface area contributed by atoms with Crippen molar-refractivity contribution in [3.8, 4) is 0 Å². The summed E-state index contributed by atoms with van der Waals surface area (Å²) in [5, 5.41) is 2.97. The van der Waals surface area contributed by atoms with Crippen molar-refractivity contribution in [2.24, 2.45) is 45.2 Å². The molecule has 2 saturated carbocycles. The molecule has 2 rings (SSSR count). The van der Waals surface area contributed by atoms with Gasteiger partial charge in [0, 0.05) is 13.1 Å². The lowest BCUT2D eigenvalue weighted by Crippen LogP contribution is -2.53. The predicted molar refractivity (Wildman–Crippen MR) is 134 cm³/mol. The third-order valence-electron chi connectivity index (χ3n) is 7.98. The summed E-state index contributed by atoms with van der Waals surface area (Å²) >= 11 is 0. The molecule has 2 aliphatic carbocycles. The Bertz CT molecular complexity index is 600. The molecule has 0 spiro atoms. The Hall–Kier alpha value is -1.83. The first-order chi connectivity index (χ1) is 15.9. The Morgan fingerprint density at radius 3 is 1.82 bits per heavy atom. The van der Waals surface area contributed by atoms with E-state index < -0.39 is 17.4 Å². The van der Waals surface area contributed by atoms with Gasteiger partial charge in [0.2, 0.25) is 11.8 Å². The highest BCUT2D eigenvalue weighted by molar-refractivity contribution is 5.89. The fraction of sp³-hybridized carbons (Fsp3) is 0.880. The van der Waals surface area contributed by atoms with Crippen molar-refractivity contribution in [3.63, 3.8) is 0 Å². The van der Waals surface area contributed by atoms with Gasteiger partial charge >= 0.3 is 0 Å². The molecule has 33 heavy (non-hydrogen) atoms. The summed E-state index contributed by atoms with van der Waals surface area (Å²) in [6, 6.07) is -0.734. The molecule has 190 valence electrons. The number of hydrogen-bond acceptors (Lipinski definition) is 4. The van der Waals surface area contributed by atoms with Crippen LogP contribution in [0.4, 0.5) is 0 Å². The molecular weight excluding hydrogens is 416 g/mol. The summed E-state index contributed by atoms with van der Waals surface area (Å²) in [6.07, 6.45) is 17.4. The second-order valence-electron chi connectivity index (χ2n) is 10.4. The molecule has 9 N–H and O–H groups in total. The van der Waals surface area contributed by atoms with Crippen molar-refractivity contribution in [1.82, 2.24) is 5.32 Å². The molecule has 0 unspecified atom stereocenters. The Morgan fingerprint density at radius 2 is 1.39 bits per heavy atom. The van der Waals surface area contributed by atoms with Crippen molar-refractivity contribution in [1.29, 1.82) is 0 Å². The zero-order valence-electron chi connectivity index (χ0n) is 20.5. The number of nitrogens with zero attached hydrogens (tertiary/aromatic N) is 1. The average molecular weight is 465 g/mol. The Balaban J connectivity index is 2.05. The van der Waals surface area contributed by atoms with Crippen LogP contribution in [0.5, 0.6) is 0 Å². The van der Waals surface area contributed by atoms with Gasteiger partial charge in [-0.25, -0.2) is 0 Å². The normalized spacial score (nSPS) is 19.1. The molecular formula is C25H48N6O2. The molecule has 1 atom stereocenters. The SMILES string of the molecule is NCC(CCC1CCCCC1)(CCC1CCCCC1)C(=O)N[C@@H](CCCN=C(N)N)C(N)=O. The van der Waals surface area contributed by atoms with E-state index in [1.165, 1.54) is 64.2 Å². The molecule has 0 radical (unpaired) electrons. The smallest absolute Gasteiger partial charge is 0.240 e. The zero-order chi connectivity index (χ0) is 24.1. The molecule has 0 aromatic carbocycles. The third kappa shape index (κ3) is 9.51. The van der Waals surface area contributed by atoms with E-state index in [1.807, 2.05) is 0 Å². The number of guanidine groups is 1. The van der Waals surface area contributed by atoms with Crippen molar-refractivity contribution >= 4 is 17.8 Å². The maximum atomic E-state index is 13.6. The van der Waals surface area contributed by atoms with Crippen LogP contribution in [0.2, 0.25) is 0 Å². The van der Waals surface area contributed by atoms with E-state index in [0.29, 0.717) is 37.8 Å². The fourth-order valence-corrected chi connectivity index (χ4v) is 5.66. The first-order valence-electron chi connectivity index (χ1n) is 13.2. The summed E-state index contributed by atoms with van der Waals surface area (Å²) in [5.41, 5.74) is 22.0. The second kappa shape index (κ2) is 14.4. The highest BCUT2D eigenvalue weighted by Crippen LogP contribution is 2.38. The lowest BCUT2D eigenvalue weighted by molar-refractivity contribution is -0.135. The first-order valence-corrected chi connectivity index (χ1v) is 13.2. The highest BCUT2D eigenvalue weighted by Gasteiger charge is 2.39. The number of nitrogens with two attached hydrogens (primary N) is 4. The summed E-state index contributed by atoms with van der Waals surface area (Å²) < 4.78 is 0. The van der Waals surface area contributed by atoms with Crippen molar-refractivity contribution in [3.05, 3.63) is 0 Å². The van der Waals surface area contributed by atoms with E-state index in [0.717, 1.165) is 25.7 Å². The Labute approximate surface area is 200 Å². The van der Waals surface area contributed by atoms with Gasteiger partial charge in [-0.1, -0.05) is 64.2 Å². The number of carbonyl (C=O) groups is 2. The Kier molecular flexibility index (Phi) is 12.0. The zero-order valence-corrected chi connectivity index (χ0v) is 20.5. The quantitative estimate of drug-likeness (QED) is 0.151. The average Bonchev–Trinajstić information content (AvgIpc) is 2.82. The van der Waals surface area contributed by atoms with E-state index in [1.54, 1.807) is 0 Å². The standard InChI is InChI=1S/C25H48N6O2/c26-18-25(15-13-19-8-3-1-4-9-19,16-14-20-10-5-2-6-11-20)23(33)31-21(22(27)32)12-7-17-30-24(28)29/h19-21H,1-18,26H2,(H2,27,32)(H,31,33)(H4,28,29,30)/t21-/m0/s1. The minimum absolute atomic E-state index is 0.0160. The molecule has 0 heterocycles. The van der Waals surface area contributed by atoms with Gasteiger partial charge < -0.3 is 28.3 Å². The number of primary amides is 1. The maximum Gasteiger partial charge on any atom is 0.240 e. The molecule has 8 heteroatoms. The van der Waals surface area contributed by atoms with Gasteiger partial charge in [0.25, 0.3) is 0 Å². The van der Waals surface area contributed by atoms with E-state index in [9.17, 15) is 9.59 Å². The van der Waals surface area contributed by atoms with Gasteiger partial charge in [-0.15, -0.1) is 0 Å².